The van der Waals surface area contributed by atoms with Crippen LogP contribution < -0.4 is 11.1 Å². The van der Waals surface area contributed by atoms with Gasteiger partial charge in [-0.05, 0) is 49.9 Å². The molecule has 0 saturated carbocycles. The molecule has 1 aliphatic heterocycles. The second-order valence-corrected chi connectivity index (χ2v) is 6.95. The first-order valence-corrected chi connectivity index (χ1v) is 9.60. The third-order valence-corrected chi connectivity index (χ3v) is 4.94. The fourth-order valence-corrected chi connectivity index (χ4v) is 3.26. The summed E-state index contributed by atoms with van der Waals surface area (Å²) in [7, 11) is 0. The second kappa shape index (κ2) is 10.9. The van der Waals surface area contributed by atoms with Crippen molar-refractivity contribution >= 4 is 11.8 Å². The fraction of sp³-hybridized carbons (Fsp3) is 0.600. The monoisotopic (exact) mass is 363 g/mol. The standard InChI is InChI=1S/C20H30FN3O2/c21-18-8-6-16(7-9-18)15-23-20(26)17-10-13-24(14-11-17)19(25)5-3-1-2-4-12-22/h6-9,17H,1-5,10-15,22H2,(H,23,26). The lowest BCUT2D eigenvalue weighted by Gasteiger charge is -2.31. The highest BCUT2D eigenvalue weighted by atomic mass is 19.1. The lowest BCUT2D eigenvalue weighted by Crippen LogP contribution is -2.42. The predicted molar refractivity (Wildman–Crippen MR) is 99.7 cm³/mol. The van der Waals surface area contributed by atoms with Crippen molar-refractivity contribution in [1.82, 2.24) is 10.2 Å². The highest BCUT2D eigenvalue weighted by molar-refractivity contribution is 5.80. The van der Waals surface area contributed by atoms with Crippen LogP contribution in [0.25, 0.3) is 0 Å². The third-order valence-electron chi connectivity index (χ3n) is 4.94. The summed E-state index contributed by atoms with van der Waals surface area (Å²) in [5.74, 6) is -0.119. The van der Waals surface area contributed by atoms with Gasteiger partial charge in [0.2, 0.25) is 11.8 Å². The third kappa shape index (κ3) is 6.75. The maximum atomic E-state index is 12.9. The number of nitrogens with zero attached hydrogens (tertiary/aromatic N) is 1. The molecule has 1 saturated heterocycles. The maximum absolute atomic E-state index is 12.9. The highest BCUT2D eigenvalue weighted by Gasteiger charge is 2.26. The van der Waals surface area contributed by atoms with Crippen molar-refractivity contribution in [2.75, 3.05) is 19.6 Å². The lowest BCUT2D eigenvalue weighted by atomic mass is 9.95. The molecular weight excluding hydrogens is 333 g/mol. The Morgan fingerprint density at radius 1 is 1.08 bits per heavy atom. The van der Waals surface area contributed by atoms with E-state index >= 15 is 0 Å². The van der Waals surface area contributed by atoms with Gasteiger partial charge in [0.1, 0.15) is 5.82 Å². The molecule has 0 radical (unpaired) electrons. The van der Waals surface area contributed by atoms with Gasteiger partial charge in [-0.2, -0.15) is 0 Å². The van der Waals surface area contributed by atoms with E-state index in [1.54, 1.807) is 12.1 Å². The first-order valence-electron chi connectivity index (χ1n) is 9.60. The zero-order chi connectivity index (χ0) is 18.8. The van der Waals surface area contributed by atoms with E-state index < -0.39 is 0 Å². The molecule has 0 aliphatic carbocycles. The Bertz CT molecular complexity index is 569. The minimum absolute atomic E-state index is 0.0169. The van der Waals surface area contributed by atoms with Crippen molar-refractivity contribution in [2.24, 2.45) is 11.7 Å². The van der Waals surface area contributed by atoms with Crippen LogP contribution in [0.3, 0.4) is 0 Å². The molecule has 2 rings (SSSR count). The molecule has 2 amide bonds. The van der Waals surface area contributed by atoms with E-state index in [0.717, 1.165) is 31.2 Å². The molecule has 1 aromatic carbocycles. The molecule has 1 aromatic rings. The van der Waals surface area contributed by atoms with Crippen LogP contribution in [0.15, 0.2) is 24.3 Å². The average molecular weight is 363 g/mol. The number of carbonyl (C=O) groups is 2. The van der Waals surface area contributed by atoms with Gasteiger partial charge in [0, 0.05) is 32.0 Å². The first kappa shape index (κ1) is 20.4. The molecule has 1 aliphatic rings. The number of benzene rings is 1. The molecular formula is C20H30FN3O2. The zero-order valence-electron chi connectivity index (χ0n) is 15.4. The fourth-order valence-electron chi connectivity index (χ4n) is 3.26. The summed E-state index contributed by atoms with van der Waals surface area (Å²) < 4.78 is 12.9. The van der Waals surface area contributed by atoms with E-state index in [1.807, 2.05) is 4.90 Å². The van der Waals surface area contributed by atoms with Gasteiger partial charge in [0.05, 0.1) is 0 Å². The number of rotatable bonds is 9. The van der Waals surface area contributed by atoms with E-state index in [0.29, 0.717) is 45.4 Å². The number of unbranched alkanes of at least 4 members (excludes halogenated alkanes) is 3. The van der Waals surface area contributed by atoms with E-state index in [1.165, 1.54) is 12.1 Å². The number of nitrogens with two attached hydrogens (primary N) is 1. The van der Waals surface area contributed by atoms with Crippen LogP contribution in [0.4, 0.5) is 4.39 Å². The quantitative estimate of drug-likeness (QED) is 0.662. The van der Waals surface area contributed by atoms with Crippen molar-refractivity contribution in [3.05, 3.63) is 35.6 Å². The van der Waals surface area contributed by atoms with E-state index in [-0.39, 0.29) is 23.5 Å². The van der Waals surface area contributed by atoms with Gasteiger partial charge in [-0.1, -0.05) is 25.0 Å². The average Bonchev–Trinajstić information content (AvgIpc) is 2.67. The second-order valence-electron chi connectivity index (χ2n) is 6.95. The molecule has 0 unspecified atom stereocenters. The summed E-state index contributed by atoms with van der Waals surface area (Å²) in [5.41, 5.74) is 6.34. The molecule has 1 heterocycles. The molecule has 1 fully saturated rings. The Hall–Kier alpha value is -1.95. The van der Waals surface area contributed by atoms with Gasteiger partial charge >= 0.3 is 0 Å². The van der Waals surface area contributed by atoms with Crippen LogP contribution in [0, 0.1) is 11.7 Å². The first-order chi connectivity index (χ1) is 12.6. The molecule has 6 heteroatoms. The number of amides is 2. The summed E-state index contributed by atoms with van der Waals surface area (Å²) in [5, 5.41) is 2.91. The summed E-state index contributed by atoms with van der Waals surface area (Å²) in [4.78, 5) is 26.4. The van der Waals surface area contributed by atoms with Gasteiger partial charge in [-0.25, -0.2) is 4.39 Å². The van der Waals surface area contributed by atoms with Crippen LogP contribution in [-0.4, -0.2) is 36.3 Å². The Morgan fingerprint density at radius 3 is 2.38 bits per heavy atom. The normalized spacial score (nSPS) is 15.1. The van der Waals surface area contributed by atoms with Crippen molar-refractivity contribution in [1.29, 1.82) is 0 Å². The molecule has 3 N–H and O–H groups in total. The minimum Gasteiger partial charge on any atom is -0.352 e. The number of carbonyl (C=O) groups excluding carboxylic acids is 2. The molecule has 0 aromatic heterocycles. The van der Waals surface area contributed by atoms with Crippen LogP contribution in [0.5, 0.6) is 0 Å². The Morgan fingerprint density at radius 2 is 1.73 bits per heavy atom. The van der Waals surface area contributed by atoms with Gasteiger partial charge in [-0.3, -0.25) is 9.59 Å². The molecule has 5 nitrogen and oxygen atoms in total. The Kier molecular flexibility index (Phi) is 8.54. The van der Waals surface area contributed by atoms with Gasteiger partial charge in [0.25, 0.3) is 0 Å². The summed E-state index contributed by atoms with van der Waals surface area (Å²) in [6, 6.07) is 6.12. The van der Waals surface area contributed by atoms with Crippen LogP contribution in [-0.2, 0) is 16.1 Å². The van der Waals surface area contributed by atoms with Crippen molar-refractivity contribution in [2.45, 2.75) is 51.5 Å². The molecule has 0 spiro atoms. The van der Waals surface area contributed by atoms with E-state index in [2.05, 4.69) is 5.32 Å². The van der Waals surface area contributed by atoms with E-state index in [9.17, 15) is 14.0 Å². The molecule has 26 heavy (non-hydrogen) atoms. The zero-order valence-corrected chi connectivity index (χ0v) is 15.4. The number of hydrogen-bond acceptors (Lipinski definition) is 3. The molecule has 0 atom stereocenters. The molecule has 0 bridgehead atoms. The van der Waals surface area contributed by atoms with Crippen LogP contribution in [0.2, 0.25) is 0 Å². The number of piperidine rings is 1. The Labute approximate surface area is 155 Å². The van der Waals surface area contributed by atoms with Crippen LogP contribution >= 0.6 is 0 Å². The largest absolute Gasteiger partial charge is 0.352 e. The topological polar surface area (TPSA) is 75.4 Å². The van der Waals surface area contributed by atoms with Gasteiger partial charge in [-0.15, -0.1) is 0 Å². The summed E-state index contributed by atoms with van der Waals surface area (Å²) in [6.45, 7) is 2.41. The van der Waals surface area contributed by atoms with Crippen molar-refractivity contribution in [3.8, 4) is 0 Å². The SMILES string of the molecule is NCCCCCCC(=O)N1CCC(C(=O)NCc2ccc(F)cc2)CC1. The molecule has 144 valence electrons. The number of hydrogen-bond donors (Lipinski definition) is 2. The maximum Gasteiger partial charge on any atom is 0.223 e. The Balaban J connectivity index is 1.64. The number of nitrogens with one attached hydrogen (secondary N) is 1. The number of likely N-dealkylation sites (tertiary alicyclic amines) is 1. The summed E-state index contributed by atoms with van der Waals surface area (Å²) >= 11 is 0. The predicted octanol–water partition coefficient (Wildman–Crippen LogP) is 2.59. The van der Waals surface area contributed by atoms with Gasteiger partial charge < -0.3 is 16.0 Å². The minimum atomic E-state index is -0.281. The number of halogens is 1. The smallest absolute Gasteiger partial charge is 0.223 e. The highest BCUT2D eigenvalue weighted by Crippen LogP contribution is 2.19. The van der Waals surface area contributed by atoms with Crippen molar-refractivity contribution < 1.29 is 14.0 Å². The van der Waals surface area contributed by atoms with E-state index in [4.69, 9.17) is 5.73 Å². The van der Waals surface area contributed by atoms with Gasteiger partial charge in [0.15, 0.2) is 0 Å². The van der Waals surface area contributed by atoms with Crippen molar-refractivity contribution in [3.63, 3.8) is 0 Å². The van der Waals surface area contributed by atoms with Crippen LogP contribution in [0.1, 0.15) is 50.5 Å². The summed E-state index contributed by atoms with van der Waals surface area (Å²) in [6.07, 6.45) is 6.06. The lowest BCUT2D eigenvalue weighted by molar-refractivity contribution is -0.135.